The van der Waals surface area contributed by atoms with E-state index in [0.29, 0.717) is 0 Å². The minimum Gasteiger partial charge on any atom is -0.453 e. The fourth-order valence-corrected chi connectivity index (χ4v) is 0.901. The summed E-state index contributed by atoms with van der Waals surface area (Å²) in [6.07, 6.45) is 3.60. The molecule has 0 rings (SSSR count). The second-order valence-electron chi connectivity index (χ2n) is 4.48. The van der Waals surface area contributed by atoms with Gasteiger partial charge in [0.25, 0.3) is 0 Å². The van der Waals surface area contributed by atoms with E-state index < -0.39 is 12.2 Å². The molecule has 0 aromatic carbocycles. The molecule has 0 spiro atoms. The predicted molar refractivity (Wildman–Crippen MR) is 145 cm³/mol. The van der Waals surface area contributed by atoms with Crippen molar-refractivity contribution in [1.29, 1.82) is 0 Å². The molecule has 20 nitrogen and oxygen atoms in total. The maximum Gasteiger partial charge on any atom is 0.408 e. The number of aliphatic imine (C=N–C) groups is 4. The maximum atomic E-state index is 10.5. The molecule has 0 aliphatic rings. The van der Waals surface area contributed by atoms with Gasteiger partial charge in [-0.15, -0.1) is 0 Å². The Morgan fingerprint density at radius 3 is 1.00 bits per heavy atom. The molecule has 232 valence electrons. The number of isocyanates is 4. The summed E-state index contributed by atoms with van der Waals surface area (Å²) in [5, 5.41) is 13.9. The highest BCUT2D eigenvalue weighted by Gasteiger charge is 1.99. The van der Waals surface area contributed by atoms with E-state index in [2.05, 4.69) is 61.3 Å². The summed E-state index contributed by atoms with van der Waals surface area (Å²) in [6, 6.07) is -0.664. The summed E-state index contributed by atoms with van der Waals surface area (Å²) in [7, 11) is 5.45. The van der Waals surface area contributed by atoms with Gasteiger partial charge in [-0.25, -0.2) is 38.4 Å². The monoisotopic (exact) mass is 582 g/mol. The average molecular weight is 583 g/mol. The van der Waals surface area contributed by atoms with Gasteiger partial charge >= 0.3 is 24.2 Å². The van der Waals surface area contributed by atoms with E-state index in [1.807, 2.05) is 0 Å². The fraction of sp³-hybridized carbons (Fsp3) is 0.600. The summed E-state index contributed by atoms with van der Waals surface area (Å²) < 4.78 is 8.45. The smallest absolute Gasteiger partial charge is 0.408 e. The van der Waals surface area contributed by atoms with Crippen molar-refractivity contribution in [1.82, 2.24) is 31.9 Å². The van der Waals surface area contributed by atoms with Crippen LogP contribution in [0.3, 0.4) is 0 Å². The summed E-state index contributed by atoms with van der Waals surface area (Å²) in [5.74, 6) is 0. The van der Waals surface area contributed by atoms with Gasteiger partial charge in [0.05, 0.1) is 27.6 Å². The van der Waals surface area contributed by atoms with Gasteiger partial charge in [0.1, 0.15) is 0 Å². The molecule has 0 saturated carbocycles. The molecule has 6 amide bonds. The van der Waals surface area contributed by atoms with Crippen LogP contribution in [-0.2, 0) is 28.7 Å². The summed E-state index contributed by atoms with van der Waals surface area (Å²) >= 11 is 0. The third kappa shape index (κ3) is 63.7. The molecule has 0 fully saturated rings. The summed E-state index contributed by atoms with van der Waals surface area (Å²) in [6.45, 7) is -0.224. The Hall–Kier alpha value is -5.40. The molecule has 0 unspecified atom stereocenters. The lowest BCUT2D eigenvalue weighted by Gasteiger charge is -2.05. The van der Waals surface area contributed by atoms with Gasteiger partial charge in [-0.1, -0.05) is 29.7 Å². The molecule has 0 aromatic rings. The molecule has 40 heavy (non-hydrogen) atoms. The van der Waals surface area contributed by atoms with Crippen molar-refractivity contribution in [2.75, 3.05) is 55.0 Å². The van der Waals surface area contributed by atoms with Crippen molar-refractivity contribution in [2.45, 2.75) is 29.7 Å². The number of nitrogens with one attached hydrogen (secondary N) is 6. The number of carbonyl (C=O) groups excluding carboxylic acids is 8. The second kappa shape index (κ2) is 50.5. The van der Waals surface area contributed by atoms with Crippen LogP contribution in [0.1, 0.15) is 29.7 Å². The minimum atomic E-state index is -0.610. The number of urea groups is 2. The molecule has 0 saturated heterocycles. The van der Waals surface area contributed by atoms with Gasteiger partial charge in [-0.3, -0.25) is 0 Å². The Morgan fingerprint density at radius 1 is 0.550 bits per heavy atom. The van der Waals surface area contributed by atoms with Crippen molar-refractivity contribution in [2.24, 2.45) is 20.0 Å². The zero-order valence-electron chi connectivity index (χ0n) is 19.7. The number of rotatable bonds is 8. The molecule has 0 bridgehead atoms. The topological polar surface area (TPSA) is 277 Å². The lowest BCUT2D eigenvalue weighted by Crippen LogP contribution is -2.43. The van der Waals surface area contributed by atoms with Crippen LogP contribution in [0.5, 0.6) is 0 Å². The largest absolute Gasteiger partial charge is 0.453 e. The van der Waals surface area contributed by atoms with Crippen LogP contribution in [0.2, 0.25) is 0 Å². The third-order valence-electron chi connectivity index (χ3n) is 2.33. The van der Waals surface area contributed by atoms with E-state index in [9.17, 15) is 38.4 Å². The highest BCUT2D eigenvalue weighted by molar-refractivity contribution is 5.76. The Labute approximate surface area is 233 Å². The Kier molecular flexibility index (Phi) is 69.7. The number of nitrogens with zero attached hydrogens (tertiary/aromatic N) is 4. The van der Waals surface area contributed by atoms with Crippen molar-refractivity contribution in [3.63, 3.8) is 0 Å². The quantitative estimate of drug-likeness (QED) is 0.129. The van der Waals surface area contributed by atoms with Crippen molar-refractivity contribution in [3.05, 3.63) is 0 Å². The van der Waals surface area contributed by atoms with Crippen LogP contribution < -0.4 is 31.9 Å². The maximum absolute atomic E-state index is 10.5. The molecular formula is C20H42N10O10. The van der Waals surface area contributed by atoms with E-state index in [-0.39, 0.29) is 68.4 Å². The van der Waals surface area contributed by atoms with Gasteiger partial charge in [0, 0.05) is 14.1 Å². The third-order valence-corrected chi connectivity index (χ3v) is 2.33. The van der Waals surface area contributed by atoms with Gasteiger partial charge in [0.15, 0.2) is 13.3 Å². The number of hydrogen-bond acceptors (Lipinski definition) is 14. The summed E-state index contributed by atoms with van der Waals surface area (Å²) in [4.78, 5) is 90.2. The minimum absolute atomic E-state index is 0. The lowest BCUT2D eigenvalue weighted by atomic mass is 10.8. The standard InChI is InChI=1S/C5H12N4O2.C5H10N2O4.2C3H2N2O2.4CH4/c1-6-4(10)8-3-9-5(11)7-2;1-10-4(8)6-3-7-5(9)11-2;2*6-2-4-1-5-3-7;;;;/h3H2,1-2H3,(H2,6,8,10)(H2,7,9,11);3H2,1-2H3,(H,6,8)(H,7,9);2*1H2;4*1H4. The van der Waals surface area contributed by atoms with E-state index in [4.69, 9.17) is 0 Å². The number of alkyl carbamates (subject to hydrolysis) is 2. The van der Waals surface area contributed by atoms with Crippen LogP contribution >= 0.6 is 0 Å². The van der Waals surface area contributed by atoms with Crippen molar-refractivity contribution >= 4 is 48.6 Å². The van der Waals surface area contributed by atoms with E-state index in [1.165, 1.54) is 52.6 Å². The first-order valence-electron chi connectivity index (χ1n) is 8.93. The van der Waals surface area contributed by atoms with Crippen LogP contribution in [-0.4, -0.2) is 104 Å². The molecule has 0 aromatic heterocycles. The molecule has 6 N–H and O–H groups in total. The Bertz CT molecular complexity index is 700. The number of ether oxygens (including phenoxy) is 2. The molecule has 0 radical (unpaired) electrons. The van der Waals surface area contributed by atoms with Gasteiger partial charge in [-0.2, -0.15) is 20.0 Å². The molecule has 0 atom stereocenters. The number of carbonyl (C=O) groups is 4. The number of amides is 6. The fourth-order valence-electron chi connectivity index (χ4n) is 0.901. The SMILES string of the molecule is C.C.C.C.CNC(=O)NCNC(=O)NC.COC(=O)NCNC(=O)OC.O=C=NCN=C=O.O=C=NCN=C=O. The number of methoxy groups -OCH3 is 2. The molecule has 20 heteroatoms. The van der Waals surface area contributed by atoms with Crippen LogP contribution in [0.4, 0.5) is 19.2 Å². The van der Waals surface area contributed by atoms with Crippen LogP contribution in [0, 0.1) is 0 Å². The molecular weight excluding hydrogens is 540 g/mol. The Morgan fingerprint density at radius 2 is 0.800 bits per heavy atom. The first-order chi connectivity index (χ1) is 17.2. The van der Waals surface area contributed by atoms with Crippen LogP contribution in [0.25, 0.3) is 0 Å². The highest BCUT2D eigenvalue weighted by Crippen LogP contribution is 1.70. The van der Waals surface area contributed by atoms with Gasteiger partial charge in [-0.05, 0) is 0 Å². The van der Waals surface area contributed by atoms with Crippen LogP contribution in [0.15, 0.2) is 20.0 Å². The first-order valence-corrected chi connectivity index (χ1v) is 8.93. The summed E-state index contributed by atoms with van der Waals surface area (Å²) in [5.41, 5.74) is 0. The molecule has 0 heterocycles. The van der Waals surface area contributed by atoms with E-state index in [1.54, 1.807) is 0 Å². The second-order valence-corrected chi connectivity index (χ2v) is 4.48. The molecule has 0 aliphatic carbocycles. The van der Waals surface area contributed by atoms with Crippen molar-refractivity contribution < 1.29 is 47.8 Å². The van der Waals surface area contributed by atoms with E-state index in [0.717, 1.165) is 0 Å². The molecule has 0 aliphatic heterocycles. The lowest BCUT2D eigenvalue weighted by molar-refractivity contribution is 0.162. The first kappa shape index (κ1) is 55.2. The predicted octanol–water partition coefficient (Wildman–Crippen LogP) is 0.233. The van der Waals surface area contributed by atoms with Crippen molar-refractivity contribution in [3.8, 4) is 0 Å². The zero-order valence-corrected chi connectivity index (χ0v) is 19.7. The van der Waals surface area contributed by atoms with Gasteiger partial charge in [0.2, 0.25) is 24.3 Å². The number of hydrogen-bond donors (Lipinski definition) is 6. The normalized spacial score (nSPS) is 6.50. The zero-order chi connectivity index (χ0) is 28.5. The van der Waals surface area contributed by atoms with E-state index >= 15 is 0 Å². The van der Waals surface area contributed by atoms with Gasteiger partial charge < -0.3 is 41.4 Å². The average Bonchev–Trinajstić information content (AvgIpc) is 2.89. The Balaban J connectivity index is -0.0000000562. The highest BCUT2D eigenvalue weighted by atomic mass is 16.5.